The molecular weight excluding hydrogens is 439 g/mol. The molecule has 0 bridgehead atoms. The predicted octanol–water partition coefficient (Wildman–Crippen LogP) is 4.98. The third-order valence-corrected chi connectivity index (χ3v) is 5.00. The third-order valence-electron chi connectivity index (χ3n) is 3.94. The van der Waals surface area contributed by atoms with Crippen molar-refractivity contribution >= 4 is 52.3 Å². The van der Waals surface area contributed by atoms with E-state index in [2.05, 4.69) is 20.5 Å². The van der Waals surface area contributed by atoms with E-state index in [0.29, 0.717) is 28.6 Å². The van der Waals surface area contributed by atoms with Crippen LogP contribution in [0.2, 0.25) is 15.1 Å². The molecule has 0 radical (unpaired) electrons. The summed E-state index contributed by atoms with van der Waals surface area (Å²) in [6, 6.07) is 12.3. The molecule has 7 nitrogen and oxygen atoms in total. The van der Waals surface area contributed by atoms with E-state index in [4.69, 9.17) is 34.8 Å². The van der Waals surface area contributed by atoms with Crippen LogP contribution >= 0.6 is 34.8 Å². The van der Waals surface area contributed by atoms with Crippen LogP contribution in [0.4, 0.5) is 16.2 Å². The molecule has 2 aromatic carbocycles. The second-order valence-corrected chi connectivity index (χ2v) is 7.05. The maximum atomic E-state index is 12.2. The Kier molecular flexibility index (Phi) is 6.64. The van der Waals surface area contributed by atoms with Crippen LogP contribution in [0.15, 0.2) is 53.5 Å². The molecule has 1 aromatic heterocycles. The second kappa shape index (κ2) is 9.17. The third kappa shape index (κ3) is 5.00. The van der Waals surface area contributed by atoms with E-state index in [9.17, 15) is 9.59 Å². The highest BCUT2D eigenvalue weighted by atomic mass is 35.5. The SMILES string of the molecule is COC(=O)Nc1ccc(CNc2ccc(-n3ncc(Cl)c(Cl)c3=O)cc2Cl)cc1. The van der Waals surface area contributed by atoms with Crippen molar-refractivity contribution in [2.45, 2.75) is 6.54 Å². The lowest BCUT2D eigenvalue weighted by atomic mass is 10.2. The summed E-state index contributed by atoms with van der Waals surface area (Å²) in [5, 5.41) is 10.2. The molecule has 1 heterocycles. The van der Waals surface area contributed by atoms with Gasteiger partial charge in [-0.1, -0.05) is 46.9 Å². The van der Waals surface area contributed by atoms with Gasteiger partial charge in [-0.3, -0.25) is 10.1 Å². The Hall–Kier alpha value is -2.74. The van der Waals surface area contributed by atoms with E-state index < -0.39 is 11.7 Å². The number of nitrogens with zero attached hydrogens (tertiary/aromatic N) is 2. The number of ether oxygens (including phenoxy) is 1. The summed E-state index contributed by atoms with van der Waals surface area (Å²) in [5.74, 6) is 0. The van der Waals surface area contributed by atoms with Gasteiger partial charge < -0.3 is 10.1 Å². The number of nitrogens with one attached hydrogen (secondary N) is 2. The Labute approximate surface area is 181 Å². The van der Waals surface area contributed by atoms with Crippen LogP contribution in [0.25, 0.3) is 5.69 Å². The molecule has 0 saturated heterocycles. The summed E-state index contributed by atoms with van der Waals surface area (Å²) in [6.45, 7) is 0.503. The molecule has 0 atom stereocenters. The summed E-state index contributed by atoms with van der Waals surface area (Å²) in [4.78, 5) is 23.4. The van der Waals surface area contributed by atoms with Gasteiger partial charge in [0.25, 0.3) is 5.56 Å². The van der Waals surface area contributed by atoms with Gasteiger partial charge in [-0.05, 0) is 35.9 Å². The number of benzene rings is 2. The van der Waals surface area contributed by atoms with Crippen molar-refractivity contribution in [1.29, 1.82) is 0 Å². The molecule has 3 aromatic rings. The summed E-state index contributed by atoms with van der Waals surface area (Å²) in [5.41, 5.74) is 2.21. The fourth-order valence-corrected chi connectivity index (χ4v) is 2.94. The number of halogens is 3. The van der Waals surface area contributed by atoms with Gasteiger partial charge in [-0.25, -0.2) is 4.79 Å². The highest BCUT2D eigenvalue weighted by molar-refractivity contribution is 6.41. The first-order valence-corrected chi connectivity index (χ1v) is 9.43. The van der Waals surface area contributed by atoms with Crippen LogP contribution in [0.3, 0.4) is 0 Å². The largest absolute Gasteiger partial charge is 0.453 e. The van der Waals surface area contributed by atoms with E-state index >= 15 is 0 Å². The van der Waals surface area contributed by atoms with E-state index in [0.717, 1.165) is 10.2 Å². The van der Waals surface area contributed by atoms with Crippen molar-refractivity contribution in [3.63, 3.8) is 0 Å². The molecule has 150 valence electrons. The first-order valence-electron chi connectivity index (χ1n) is 8.30. The van der Waals surface area contributed by atoms with Crippen molar-refractivity contribution in [3.05, 3.63) is 79.6 Å². The van der Waals surface area contributed by atoms with Crippen molar-refractivity contribution in [2.24, 2.45) is 0 Å². The maximum Gasteiger partial charge on any atom is 0.411 e. The van der Waals surface area contributed by atoms with Crippen LogP contribution in [0.1, 0.15) is 5.56 Å². The average molecular weight is 454 g/mol. The summed E-state index contributed by atoms with van der Waals surface area (Å²) in [6.07, 6.45) is 0.766. The fourth-order valence-electron chi connectivity index (χ4n) is 2.45. The first-order chi connectivity index (χ1) is 13.9. The zero-order valence-electron chi connectivity index (χ0n) is 15.1. The summed E-state index contributed by atoms with van der Waals surface area (Å²) in [7, 11) is 1.30. The molecule has 1 amide bonds. The molecule has 0 fully saturated rings. The monoisotopic (exact) mass is 452 g/mol. The van der Waals surface area contributed by atoms with Gasteiger partial charge in [0, 0.05) is 12.2 Å². The molecule has 29 heavy (non-hydrogen) atoms. The zero-order chi connectivity index (χ0) is 21.0. The number of methoxy groups -OCH3 is 1. The van der Waals surface area contributed by atoms with Crippen molar-refractivity contribution in [2.75, 3.05) is 17.7 Å². The molecular formula is C19H15Cl3N4O3. The van der Waals surface area contributed by atoms with Crippen LogP contribution in [0, 0.1) is 0 Å². The molecule has 2 N–H and O–H groups in total. The Morgan fingerprint density at radius 1 is 1.10 bits per heavy atom. The lowest BCUT2D eigenvalue weighted by molar-refractivity contribution is 0.187. The number of rotatable bonds is 5. The normalized spacial score (nSPS) is 10.5. The molecule has 0 spiro atoms. The smallest absolute Gasteiger partial charge is 0.411 e. The van der Waals surface area contributed by atoms with Gasteiger partial charge in [0.2, 0.25) is 0 Å². The number of hydrogen-bond donors (Lipinski definition) is 2. The van der Waals surface area contributed by atoms with Crippen LogP contribution < -0.4 is 16.2 Å². The molecule has 10 heteroatoms. The first kappa shape index (κ1) is 21.0. The van der Waals surface area contributed by atoms with Crippen LogP contribution in [0.5, 0.6) is 0 Å². The van der Waals surface area contributed by atoms with Gasteiger partial charge in [-0.2, -0.15) is 9.78 Å². The van der Waals surface area contributed by atoms with Crippen molar-refractivity contribution < 1.29 is 9.53 Å². The highest BCUT2D eigenvalue weighted by Crippen LogP contribution is 2.25. The molecule has 0 aliphatic heterocycles. The number of carbonyl (C=O) groups excluding carboxylic acids is 1. The van der Waals surface area contributed by atoms with Gasteiger partial charge in [-0.15, -0.1) is 0 Å². The summed E-state index contributed by atoms with van der Waals surface area (Å²) >= 11 is 18.0. The molecule has 0 unspecified atom stereocenters. The Balaban J connectivity index is 1.71. The van der Waals surface area contributed by atoms with Crippen LogP contribution in [-0.2, 0) is 11.3 Å². The Bertz CT molecular complexity index is 1100. The maximum absolute atomic E-state index is 12.2. The Morgan fingerprint density at radius 3 is 2.48 bits per heavy atom. The fraction of sp³-hybridized carbons (Fsp3) is 0.105. The minimum absolute atomic E-state index is 0.0881. The zero-order valence-corrected chi connectivity index (χ0v) is 17.3. The van der Waals surface area contributed by atoms with Gasteiger partial charge in [0.15, 0.2) is 0 Å². The second-order valence-electron chi connectivity index (χ2n) is 5.85. The minimum Gasteiger partial charge on any atom is -0.453 e. The average Bonchev–Trinajstić information content (AvgIpc) is 2.72. The number of carbonyl (C=O) groups is 1. The van der Waals surface area contributed by atoms with Gasteiger partial charge >= 0.3 is 6.09 Å². The number of aromatic nitrogens is 2. The lowest BCUT2D eigenvalue weighted by Gasteiger charge is -2.12. The highest BCUT2D eigenvalue weighted by Gasteiger charge is 2.11. The van der Waals surface area contributed by atoms with Crippen molar-refractivity contribution in [1.82, 2.24) is 9.78 Å². The quantitative estimate of drug-likeness (QED) is 0.569. The van der Waals surface area contributed by atoms with E-state index in [1.54, 1.807) is 30.3 Å². The van der Waals surface area contributed by atoms with E-state index in [1.165, 1.54) is 13.3 Å². The van der Waals surface area contributed by atoms with Crippen LogP contribution in [-0.4, -0.2) is 23.0 Å². The van der Waals surface area contributed by atoms with Gasteiger partial charge in [0.05, 0.1) is 34.7 Å². The predicted molar refractivity (Wildman–Crippen MR) is 115 cm³/mol. The molecule has 3 rings (SSSR count). The van der Waals surface area contributed by atoms with E-state index in [1.807, 2.05) is 12.1 Å². The van der Waals surface area contributed by atoms with Crippen molar-refractivity contribution in [3.8, 4) is 5.69 Å². The minimum atomic E-state index is -0.531. The molecule has 0 aliphatic rings. The summed E-state index contributed by atoms with van der Waals surface area (Å²) < 4.78 is 5.67. The van der Waals surface area contributed by atoms with E-state index in [-0.39, 0.29) is 10.0 Å². The van der Waals surface area contributed by atoms with Gasteiger partial charge in [0.1, 0.15) is 5.02 Å². The number of anilines is 2. The molecule has 0 saturated carbocycles. The standard InChI is InChI=1S/C19H15Cl3N4O3/c1-29-19(28)25-12-4-2-11(3-5-12)9-23-16-7-6-13(8-14(16)20)26-18(27)17(22)15(21)10-24-26/h2-8,10,23H,9H2,1H3,(H,25,28). The number of amides is 1. The number of hydrogen-bond acceptors (Lipinski definition) is 5. The Morgan fingerprint density at radius 2 is 1.83 bits per heavy atom. The topological polar surface area (TPSA) is 85.2 Å². The molecule has 0 aliphatic carbocycles. The lowest BCUT2D eigenvalue weighted by Crippen LogP contribution is -2.21.